The number of benzene rings is 1. The minimum Gasteiger partial charge on any atom is -0.368 e. The number of piperazine rings is 1. The number of carbonyl (C=O) groups is 1. The number of aromatic nitrogens is 2. The van der Waals surface area contributed by atoms with Crippen molar-refractivity contribution in [1.29, 1.82) is 0 Å². The number of anilines is 1. The first kappa shape index (κ1) is 16.8. The molecule has 0 N–H and O–H groups in total. The van der Waals surface area contributed by atoms with Gasteiger partial charge < -0.3 is 9.80 Å². The Morgan fingerprint density at radius 2 is 1.73 bits per heavy atom. The van der Waals surface area contributed by atoms with Gasteiger partial charge >= 0.3 is 0 Å². The highest BCUT2D eigenvalue weighted by atomic mass is 16.2. The fourth-order valence-electron chi connectivity index (χ4n) is 3.51. The molecule has 6 heteroatoms. The number of para-hydroxylation sites is 1. The molecule has 1 aromatic carbocycles. The van der Waals surface area contributed by atoms with Crippen LogP contribution >= 0.6 is 0 Å². The molecule has 1 saturated carbocycles. The summed E-state index contributed by atoms with van der Waals surface area (Å²) in [6.07, 6.45) is 2.24. The van der Waals surface area contributed by atoms with Crippen molar-refractivity contribution in [1.82, 2.24) is 14.7 Å². The summed E-state index contributed by atoms with van der Waals surface area (Å²) in [4.78, 5) is 29.2. The van der Waals surface area contributed by atoms with E-state index in [1.807, 2.05) is 23.1 Å². The maximum absolute atomic E-state index is 12.9. The van der Waals surface area contributed by atoms with Gasteiger partial charge in [0.05, 0.1) is 5.69 Å². The van der Waals surface area contributed by atoms with Crippen LogP contribution in [0.3, 0.4) is 0 Å². The highest BCUT2D eigenvalue weighted by molar-refractivity contribution is 5.80. The highest BCUT2D eigenvalue weighted by Gasteiger charge is 2.29. The molecule has 2 aromatic rings. The second kappa shape index (κ2) is 6.94. The summed E-state index contributed by atoms with van der Waals surface area (Å²) in [6, 6.07) is 13.0. The Labute approximate surface area is 153 Å². The van der Waals surface area contributed by atoms with Crippen LogP contribution in [-0.4, -0.2) is 46.8 Å². The summed E-state index contributed by atoms with van der Waals surface area (Å²) in [6.45, 7) is 4.70. The summed E-state index contributed by atoms with van der Waals surface area (Å²) in [7, 11) is 0. The van der Waals surface area contributed by atoms with Crippen LogP contribution in [0.2, 0.25) is 0 Å². The highest BCUT2D eigenvalue weighted by Crippen LogP contribution is 2.38. The first-order valence-corrected chi connectivity index (χ1v) is 9.32. The Kier molecular flexibility index (Phi) is 4.49. The van der Waals surface area contributed by atoms with Gasteiger partial charge in [0.2, 0.25) is 5.91 Å². The second-order valence-corrected chi connectivity index (χ2v) is 7.14. The summed E-state index contributed by atoms with van der Waals surface area (Å²) in [5.74, 6) is 0.429. The van der Waals surface area contributed by atoms with Crippen molar-refractivity contribution in [3.8, 4) is 0 Å². The van der Waals surface area contributed by atoms with Gasteiger partial charge in [-0.1, -0.05) is 18.2 Å². The molecule has 0 bridgehead atoms. The smallest absolute Gasteiger partial charge is 0.267 e. The zero-order chi connectivity index (χ0) is 18.1. The van der Waals surface area contributed by atoms with Crippen molar-refractivity contribution in [2.75, 3.05) is 31.1 Å². The number of rotatable bonds is 4. The molecule has 1 saturated heterocycles. The van der Waals surface area contributed by atoms with Crippen LogP contribution in [0.4, 0.5) is 5.69 Å². The Morgan fingerprint density at radius 1 is 1.04 bits per heavy atom. The number of carbonyl (C=O) groups excluding carboxylic acids is 1. The third-order valence-corrected chi connectivity index (χ3v) is 5.28. The zero-order valence-corrected chi connectivity index (χ0v) is 15.0. The SMILES string of the molecule is CC(C(=O)N1CCN(c2ccccc2)CC1)n1nc(C2CC2)ccc1=O. The molecule has 6 nitrogen and oxygen atoms in total. The van der Waals surface area contributed by atoms with E-state index in [0.717, 1.165) is 31.6 Å². The number of hydrogen-bond donors (Lipinski definition) is 0. The molecule has 1 aliphatic carbocycles. The number of nitrogens with zero attached hydrogens (tertiary/aromatic N) is 4. The van der Waals surface area contributed by atoms with Crippen LogP contribution in [0.5, 0.6) is 0 Å². The lowest BCUT2D eigenvalue weighted by Crippen LogP contribution is -2.51. The molecular formula is C20H24N4O2. The lowest BCUT2D eigenvalue weighted by atomic mass is 10.2. The maximum Gasteiger partial charge on any atom is 0.267 e. The van der Waals surface area contributed by atoms with Crippen molar-refractivity contribution in [3.05, 3.63) is 58.5 Å². The van der Waals surface area contributed by atoms with Crippen LogP contribution in [0, 0.1) is 0 Å². The van der Waals surface area contributed by atoms with Gasteiger partial charge in [-0.3, -0.25) is 9.59 Å². The van der Waals surface area contributed by atoms with E-state index in [4.69, 9.17) is 0 Å². The molecule has 26 heavy (non-hydrogen) atoms. The third kappa shape index (κ3) is 3.36. The summed E-state index contributed by atoms with van der Waals surface area (Å²) >= 11 is 0. The molecule has 0 radical (unpaired) electrons. The Bertz CT molecular complexity index is 836. The first-order valence-electron chi connectivity index (χ1n) is 9.32. The molecule has 1 atom stereocenters. The summed E-state index contributed by atoms with van der Waals surface area (Å²) in [5.41, 5.74) is 1.90. The molecule has 4 rings (SSSR count). The van der Waals surface area contributed by atoms with Gasteiger partial charge in [0.25, 0.3) is 5.56 Å². The topological polar surface area (TPSA) is 58.4 Å². The molecular weight excluding hydrogens is 328 g/mol. The van der Waals surface area contributed by atoms with Crippen LogP contribution in [0.25, 0.3) is 0 Å². The van der Waals surface area contributed by atoms with Crippen LogP contribution in [-0.2, 0) is 4.79 Å². The Morgan fingerprint density at radius 3 is 2.38 bits per heavy atom. The molecule has 2 aliphatic rings. The van der Waals surface area contributed by atoms with Gasteiger partial charge in [-0.15, -0.1) is 0 Å². The molecule has 1 amide bonds. The lowest BCUT2D eigenvalue weighted by molar-refractivity contribution is -0.135. The summed E-state index contributed by atoms with van der Waals surface area (Å²) < 4.78 is 1.36. The van der Waals surface area contributed by atoms with Crippen molar-refractivity contribution in [3.63, 3.8) is 0 Å². The molecule has 136 valence electrons. The van der Waals surface area contributed by atoms with E-state index in [1.165, 1.54) is 16.4 Å². The Hall–Kier alpha value is -2.63. The van der Waals surface area contributed by atoms with Gasteiger partial charge in [0.15, 0.2) is 0 Å². The Balaban J connectivity index is 1.43. The quantitative estimate of drug-likeness (QED) is 0.845. The lowest BCUT2D eigenvalue weighted by Gasteiger charge is -2.37. The minimum atomic E-state index is -0.565. The van der Waals surface area contributed by atoms with E-state index in [0.29, 0.717) is 19.0 Å². The second-order valence-electron chi connectivity index (χ2n) is 7.14. The molecule has 1 aromatic heterocycles. The van der Waals surface area contributed by atoms with E-state index in [9.17, 15) is 9.59 Å². The molecule has 0 spiro atoms. The predicted octanol–water partition coefficient (Wildman–Crippen LogP) is 2.03. The third-order valence-electron chi connectivity index (χ3n) is 5.28. The van der Waals surface area contributed by atoms with Crippen LogP contribution in [0.1, 0.15) is 37.4 Å². The maximum atomic E-state index is 12.9. The molecule has 1 aliphatic heterocycles. The van der Waals surface area contributed by atoms with Gasteiger partial charge in [-0.2, -0.15) is 5.10 Å². The fourth-order valence-corrected chi connectivity index (χ4v) is 3.51. The first-order chi connectivity index (χ1) is 12.6. The predicted molar refractivity (Wildman–Crippen MR) is 100 cm³/mol. The average Bonchev–Trinajstić information content (AvgIpc) is 3.53. The zero-order valence-electron chi connectivity index (χ0n) is 15.0. The van der Waals surface area contributed by atoms with Gasteiger partial charge in [-0.25, -0.2) is 4.68 Å². The van der Waals surface area contributed by atoms with E-state index >= 15 is 0 Å². The number of amides is 1. The van der Waals surface area contributed by atoms with Crippen molar-refractivity contribution >= 4 is 11.6 Å². The van der Waals surface area contributed by atoms with Gasteiger partial charge in [0.1, 0.15) is 6.04 Å². The average molecular weight is 352 g/mol. The molecule has 2 heterocycles. The fraction of sp³-hybridized carbons (Fsp3) is 0.450. The molecule has 2 fully saturated rings. The van der Waals surface area contributed by atoms with E-state index < -0.39 is 6.04 Å². The van der Waals surface area contributed by atoms with E-state index in [-0.39, 0.29) is 11.5 Å². The van der Waals surface area contributed by atoms with Crippen LogP contribution in [0.15, 0.2) is 47.3 Å². The van der Waals surface area contributed by atoms with Crippen molar-refractivity contribution in [2.45, 2.75) is 31.7 Å². The van der Waals surface area contributed by atoms with Crippen molar-refractivity contribution < 1.29 is 4.79 Å². The van der Waals surface area contributed by atoms with Crippen molar-refractivity contribution in [2.24, 2.45) is 0 Å². The van der Waals surface area contributed by atoms with Gasteiger partial charge in [0, 0.05) is 43.9 Å². The van der Waals surface area contributed by atoms with Crippen LogP contribution < -0.4 is 10.5 Å². The monoisotopic (exact) mass is 352 g/mol. The van der Waals surface area contributed by atoms with Gasteiger partial charge in [-0.05, 0) is 38.0 Å². The van der Waals surface area contributed by atoms with E-state index in [1.54, 1.807) is 13.0 Å². The largest absolute Gasteiger partial charge is 0.368 e. The number of hydrogen-bond acceptors (Lipinski definition) is 4. The summed E-state index contributed by atoms with van der Waals surface area (Å²) in [5, 5.41) is 4.46. The standard InChI is InChI=1S/C20H24N4O2/c1-15(24-19(25)10-9-18(21-24)16-7-8-16)20(26)23-13-11-22(12-14-23)17-5-3-2-4-6-17/h2-6,9-10,15-16H,7-8,11-14H2,1H3. The normalized spacial score (nSPS) is 18.7. The minimum absolute atomic E-state index is 0.0275. The molecule has 1 unspecified atom stereocenters. The van der Waals surface area contributed by atoms with E-state index in [2.05, 4.69) is 22.1 Å².